The normalized spacial score (nSPS) is 19.0. The number of hydrogen-bond donors (Lipinski definition) is 2. The zero-order valence-electron chi connectivity index (χ0n) is 20.3. The minimum Gasteiger partial charge on any atom is -0.353 e. The highest BCUT2D eigenvalue weighted by molar-refractivity contribution is 8.14. The van der Waals surface area contributed by atoms with Gasteiger partial charge in [-0.3, -0.25) is 19.3 Å². The van der Waals surface area contributed by atoms with Crippen molar-refractivity contribution in [3.63, 3.8) is 0 Å². The Labute approximate surface area is 218 Å². The van der Waals surface area contributed by atoms with Crippen LogP contribution in [0.15, 0.2) is 58.5 Å². The second-order valence-corrected chi connectivity index (χ2v) is 10.3. The monoisotopic (exact) mass is 521 g/mol. The number of halogens is 1. The first-order valence-corrected chi connectivity index (χ1v) is 13.5. The summed E-state index contributed by atoms with van der Waals surface area (Å²) in [5.74, 6) is -0.519. The van der Waals surface area contributed by atoms with E-state index in [4.69, 9.17) is 4.99 Å². The van der Waals surface area contributed by atoms with Gasteiger partial charge in [-0.25, -0.2) is 9.38 Å². The Kier molecular flexibility index (Phi) is 7.64. The minimum absolute atomic E-state index is 0.0330. The van der Waals surface area contributed by atoms with Crippen LogP contribution < -0.4 is 10.6 Å². The molecule has 37 heavy (non-hydrogen) atoms. The minimum atomic E-state index is -0.660. The Morgan fingerprint density at radius 3 is 2.54 bits per heavy atom. The molecule has 1 atom stereocenters. The lowest BCUT2D eigenvalue weighted by molar-refractivity contribution is -0.123. The zero-order valence-corrected chi connectivity index (χ0v) is 21.1. The number of aliphatic imine (C=N–C) groups is 2. The van der Waals surface area contributed by atoms with Crippen LogP contribution in [0.25, 0.3) is 0 Å². The van der Waals surface area contributed by atoms with E-state index in [0.717, 1.165) is 31.2 Å². The topological polar surface area (TPSA) is 103 Å². The molecule has 0 aromatic heterocycles. The Morgan fingerprint density at radius 2 is 1.76 bits per heavy atom. The van der Waals surface area contributed by atoms with Gasteiger partial charge in [0.2, 0.25) is 11.8 Å². The predicted octanol–water partition coefficient (Wildman–Crippen LogP) is 4.39. The number of fused-ring (bicyclic) bond motifs is 3. The molecule has 0 saturated heterocycles. The lowest BCUT2D eigenvalue weighted by Crippen LogP contribution is -2.44. The summed E-state index contributed by atoms with van der Waals surface area (Å²) in [6.07, 6.45) is 5.96. The maximum atomic E-state index is 13.2. The summed E-state index contributed by atoms with van der Waals surface area (Å²) < 4.78 is 13.2. The first-order valence-electron chi connectivity index (χ1n) is 12.6. The first kappa shape index (κ1) is 25.1. The first-order chi connectivity index (χ1) is 18.0. The molecule has 2 aliphatic heterocycles. The van der Waals surface area contributed by atoms with Crippen molar-refractivity contribution in [2.24, 2.45) is 9.98 Å². The van der Waals surface area contributed by atoms with Crippen molar-refractivity contribution in [3.05, 3.63) is 59.9 Å². The third-order valence-corrected chi connectivity index (χ3v) is 7.64. The fourth-order valence-electron chi connectivity index (χ4n) is 4.85. The van der Waals surface area contributed by atoms with E-state index in [2.05, 4.69) is 15.6 Å². The third-order valence-electron chi connectivity index (χ3n) is 6.68. The highest BCUT2D eigenvalue weighted by Crippen LogP contribution is 2.35. The van der Waals surface area contributed by atoms with Crippen LogP contribution in [0.2, 0.25) is 0 Å². The van der Waals surface area contributed by atoms with Crippen LogP contribution >= 0.6 is 11.8 Å². The molecular formula is C27H28FN5O3S. The molecule has 5 rings (SSSR count). The number of para-hydroxylation sites is 1. The van der Waals surface area contributed by atoms with Gasteiger partial charge in [-0.15, -0.1) is 0 Å². The molecule has 3 amide bonds. The Balaban J connectivity index is 1.28. The molecule has 1 saturated carbocycles. The number of carbonyl (C=O) groups excluding carboxylic acids is 3. The van der Waals surface area contributed by atoms with Crippen LogP contribution in [0.1, 0.15) is 50.5 Å². The molecule has 8 nitrogen and oxygen atoms in total. The number of carbonyl (C=O) groups is 3. The molecule has 0 bridgehead atoms. The lowest BCUT2D eigenvalue weighted by Gasteiger charge is -2.31. The van der Waals surface area contributed by atoms with E-state index in [1.54, 1.807) is 4.90 Å². The Morgan fingerprint density at radius 1 is 1.00 bits per heavy atom. The van der Waals surface area contributed by atoms with Crippen molar-refractivity contribution in [3.8, 4) is 0 Å². The number of thioether (sulfide) groups is 1. The van der Waals surface area contributed by atoms with Crippen molar-refractivity contribution in [1.29, 1.82) is 0 Å². The molecule has 2 aromatic rings. The van der Waals surface area contributed by atoms with Gasteiger partial charge in [0.1, 0.15) is 17.7 Å². The average Bonchev–Trinajstić information content (AvgIpc) is 3.24. The van der Waals surface area contributed by atoms with Crippen LogP contribution in [0.4, 0.5) is 15.8 Å². The highest BCUT2D eigenvalue weighted by Gasteiger charge is 2.41. The van der Waals surface area contributed by atoms with Gasteiger partial charge >= 0.3 is 0 Å². The van der Waals surface area contributed by atoms with Crippen LogP contribution in [0, 0.1) is 5.82 Å². The summed E-state index contributed by atoms with van der Waals surface area (Å²) in [4.78, 5) is 49.0. The Bertz CT molecular complexity index is 1260. The van der Waals surface area contributed by atoms with Gasteiger partial charge in [0, 0.05) is 23.7 Å². The molecule has 0 radical (unpaired) electrons. The van der Waals surface area contributed by atoms with E-state index in [9.17, 15) is 18.8 Å². The Hall–Kier alpha value is -3.53. The van der Waals surface area contributed by atoms with Crippen molar-refractivity contribution in [2.45, 2.75) is 57.0 Å². The van der Waals surface area contributed by atoms with Crippen LogP contribution in [-0.2, 0) is 14.4 Å². The van der Waals surface area contributed by atoms with Gasteiger partial charge in [-0.1, -0.05) is 43.2 Å². The van der Waals surface area contributed by atoms with E-state index < -0.39 is 6.04 Å². The number of nitrogens with zero attached hydrogens (tertiary/aromatic N) is 3. The van der Waals surface area contributed by atoms with Crippen LogP contribution in [0.3, 0.4) is 0 Å². The highest BCUT2D eigenvalue weighted by atomic mass is 32.2. The molecule has 1 unspecified atom stereocenters. The molecule has 2 heterocycles. The second-order valence-electron chi connectivity index (χ2n) is 9.36. The van der Waals surface area contributed by atoms with E-state index in [-0.39, 0.29) is 41.8 Å². The summed E-state index contributed by atoms with van der Waals surface area (Å²) in [5.41, 5.74) is 1.90. The van der Waals surface area contributed by atoms with Gasteiger partial charge in [0.15, 0.2) is 5.17 Å². The van der Waals surface area contributed by atoms with Gasteiger partial charge in [0.25, 0.3) is 5.91 Å². The third kappa shape index (κ3) is 5.90. The van der Waals surface area contributed by atoms with Crippen LogP contribution in [0.5, 0.6) is 0 Å². The second kappa shape index (κ2) is 11.2. The number of anilines is 1. The number of nitrogens with one attached hydrogen (secondary N) is 2. The number of amides is 3. The van der Waals surface area contributed by atoms with Crippen LogP contribution in [-0.4, -0.2) is 51.5 Å². The van der Waals surface area contributed by atoms with Gasteiger partial charge in [0.05, 0.1) is 11.4 Å². The summed E-state index contributed by atoms with van der Waals surface area (Å²) >= 11 is 1.19. The fourth-order valence-corrected chi connectivity index (χ4v) is 5.70. The average molecular weight is 522 g/mol. The van der Waals surface area contributed by atoms with Gasteiger partial charge in [-0.2, -0.15) is 4.99 Å². The lowest BCUT2D eigenvalue weighted by atomic mass is 9.95. The van der Waals surface area contributed by atoms with E-state index in [1.165, 1.54) is 42.4 Å². The van der Waals surface area contributed by atoms with Crippen molar-refractivity contribution in [1.82, 2.24) is 10.2 Å². The SMILES string of the molecule is O=C(CSC1=Nc2ccccc2C2=NC(=O)C(CCC(=O)NC3CCCCC3)N12)Nc1ccc(F)cc1. The van der Waals surface area contributed by atoms with Crippen molar-refractivity contribution < 1.29 is 18.8 Å². The maximum absolute atomic E-state index is 13.2. The molecule has 10 heteroatoms. The fraction of sp³-hybridized carbons (Fsp3) is 0.370. The summed E-state index contributed by atoms with van der Waals surface area (Å²) in [6.45, 7) is 0. The zero-order chi connectivity index (χ0) is 25.8. The van der Waals surface area contributed by atoms with Gasteiger partial charge in [-0.05, 0) is 55.7 Å². The predicted molar refractivity (Wildman–Crippen MR) is 142 cm³/mol. The quantitative estimate of drug-likeness (QED) is 0.563. The molecule has 2 aromatic carbocycles. The maximum Gasteiger partial charge on any atom is 0.270 e. The largest absolute Gasteiger partial charge is 0.353 e. The van der Waals surface area contributed by atoms with Crippen molar-refractivity contribution in [2.75, 3.05) is 11.1 Å². The molecular weight excluding hydrogens is 493 g/mol. The van der Waals surface area contributed by atoms with E-state index in [0.29, 0.717) is 28.8 Å². The number of hydrogen-bond acceptors (Lipinski definition) is 6. The molecule has 1 aliphatic carbocycles. The molecule has 1 fully saturated rings. The molecule has 2 N–H and O–H groups in total. The standard InChI is InChI=1S/C27H28FN5O3S/c28-17-10-12-19(13-11-17)30-24(35)16-37-27-31-21-9-5-4-8-20(21)25-32-26(36)22(33(25)27)14-15-23(34)29-18-6-2-1-3-7-18/h4-5,8-13,18,22H,1-3,6-7,14-16H2,(H,29,34)(H,30,35). The van der Waals surface area contributed by atoms with E-state index >= 15 is 0 Å². The number of rotatable bonds is 7. The summed E-state index contributed by atoms with van der Waals surface area (Å²) in [7, 11) is 0. The summed E-state index contributed by atoms with van der Waals surface area (Å²) in [5, 5.41) is 6.32. The molecule has 192 valence electrons. The molecule has 3 aliphatic rings. The van der Waals surface area contributed by atoms with Gasteiger partial charge < -0.3 is 10.6 Å². The smallest absolute Gasteiger partial charge is 0.270 e. The number of amidine groups is 2. The van der Waals surface area contributed by atoms with Crippen molar-refractivity contribution >= 4 is 51.9 Å². The molecule has 0 spiro atoms. The van der Waals surface area contributed by atoms with E-state index in [1.807, 2.05) is 24.3 Å². The number of benzene rings is 2. The summed E-state index contributed by atoms with van der Waals surface area (Å²) in [6, 6.07) is 12.5.